The topological polar surface area (TPSA) is 91.4 Å². The minimum atomic E-state index is -0.882. The third-order valence-corrected chi connectivity index (χ3v) is 6.45. The number of hydrogen-bond acceptors (Lipinski definition) is 5. The van der Waals surface area contributed by atoms with Gasteiger partial charge < -0.3 is 10.6 Å². The van der Waals surface area contributed by atoms with Gasteiger partial charge in [0.25, 0.3) is 5.91 Å². The summed E-state index contributed by atoms with van der Waals surface area (Å²) in [5, 5.41) is 7.56. The maximum absolute atomic E-state index is 13.1. The molecule has 1 spiro atoms. The second-order valence-corrected chi connectivity index (χ2v) is 8.39. The zero-order valence-electron chi connectivity index (χ0n) is 15.9. The summed E-state index contributed by atoms with van der Waals surface area (Å²) in [6.45, 7) is 1.61. The van der Waals surface area contributed by atoms with E-state index in [0.29, 0.717) is 17.2 Å². The van der Waals surface area contributed by atoms with Gasteiger partial charge in [-0.2, -0.15) is 0 Å². The highest BCUT2D eigenvalue weighted by Gasteiger charge is 2.55. The van der Waals surface area contributed by atoms with Crippen LogP contribution in [0.5, 0.6) is 0 Å². The molecule has 0 radical (unpaired) electrons. The van der Waals surface area contributed by atoms with E-state index in [1.54, 1.807) is 17.5 Å². The van der Waals surface area contributed by atoms with E-state index in [-0.39, 0.29) is 24.2 Å². The SMILES string of the molecule is CC1CCCCC12NC(=O)N(CC(=O)Nc1nc(-c3ccc(F)cc3)cs1)C2=O. The number of nitrogens with one attached hydrogen (secondary N) is 2. The number of amides is 4. The molecule has 2 aliphatic rings. The number of aromatic nitrogens is 1. The molecule has 9 heteroatoms. The third-order valence-electron chi connectivity index (χ3n) is 5.69. The number of benzene rings is 1. The minimum absolute atomic E-state index is 0.0398. The van der Waals surface area contributed by atoms with E-state index in [0.717, 1.165) is 29.7 Å². The van der Waals surface area contributed by atoms with E-state index in [9.17, 15) is 18.8 Å². The van der Waals surface area contributed by atoms with Crippen molar-refractivity contribution >= 4 is 34.3 Å². The lowest BCUT2D eigenvalue weighted by molar-refractivity contribution is -0.136. The van der Waals surface area contributed by atoms with Gasteiger partial charge in [0.1, 0.15) is 17.9 Å². The fourth-order valence-electron chi connectivity index (χ4n) is 4.03. The van der Waals surface area contributed by atoms with Crippen molar-refractivity contribution in [3.05, 3.63) is 35.5 Å². The molecule has 4 amide bonds. The molecule has 2 atom stereocenters. The van der Waals surface area contributed by atoms with E-state index < -0.39 is 17.5 Å². The zero-order chi connectivity index (χ0) is 20.6. The first-order valence-electron chi connectivity index (χ1n) is 9.54. The van der Waals surface area contributed by atoms with Crippen molar-refractivity contribution in [2.24, 2.45) is 5.92 Å². The number of carbonyl (C=O) groups is 3. The molecule has 4 rings (SSSR count). The zero-order valence-corrected chi connectivity index (χ0v) is 16.7. The first-order valence-corrected chi connectivity index (χ1v) is 10.4. The molecule has 7 nitrogen and oxygen atoms in total. The molecule has 2 aromatic rings. The number of nitrogens with zero attached hydrogens (tertiary/aromatic N) is 2. The smallest absolute Gasteiger partial charge is 0.323 e. The quantitative estimate of drug-likeness (QED) is 0.748. The largest absolute Gasteiger partial charge is 0.325 e. The number of carbonyl (C=O) groups excluding carboxylic acids is 3. The van der Waals surface area contributed by atoms with Crippen LogP contribution in [0, 0.1) is 11.7 Å². The molecule has 2 N–H and O–H groups in total. The number of anilines is 1. The van der Waals surface area contributed by atoms with Crippen LogP contribution in [0.3, 0.4) is 0 Å². The second kappa shape index (κ2) is 7.55. The van der Waals surface area contributed by atoms with Crippen LogP contribution < -0.4 is 10.6 Å². The van der Waals surface area contributed by atoms with E-state index in [1.165, 1.54) is 23.5 Å². The van der Waals surface area contributed by atoms with Crippen LogP contribution in [0.25, 0.3) is 11.3 Å². The van der Waals surface area contributed by atoms with Crippen molar-refractivity contribution < 1.29 is 18.8 Å². The molecule has 1 aromatic carbocycles. The summed E-state index contributed by atoms with van der Waals surface area (Å²) in [7, 11) is 0. The van der Waals surface area contributed by atoms with Crippen LogP contribution in [0.4, 0.5) is 14.3 Å². The van der Waals surface area contributed by atoms with E-state index >= 15 is 0 Å². The van der Waals surface area contributed by atoms with Gasteiger partial charge in [0.15, 0.2) is 5.13 Å². The minimum Gasteiger partial charge on any atom is -0.323 e. The van der Waals surface area contributed by atoms with Crippen LogP contribution in [0.2, 0.25) is 0 Å². The summed E-state index contributed by atoms with van der Waals surface area (Å²) < 4.78 is 13.1. The van der Waals surface area contributed by atoms with Crippen molar-refractivity contribution in [2.45, 2.75) is 38.1 Å². The molecular formula is C20H21FN4O3S. The molecule has 1 saturated heterocycles. The first-order chi connectivity index (χ1) is 13.9. The highest BCUT2D eigenvalue weighted by Crippen LogP contribution is 2.38. The Kier molecular flexibility index (Phi) is 5.08. The van der Waals surface area contributed by atoms with E-state index in [2.05, 4.69) is 15.6 Å². The number of thiazole rings is 1. The number of urea groups is 1. The molecule has 1 saturated carbocycles. The van der Waals surface area contributed by atoms with Gasteiger partial charge in [0.05, 0.1) is 5.69 Å². The highest BCUT2D eigenvalue weighted by molar-refractivity contribution is 7.14. The maximum Gasteiger partial charge on any atom is 0.325 e. The van der Waals surface area contributed by atoms with Gasteiger partial charge in [-0.1, -0.05) is 19.8 Å². The van der Waals surface area contributed by atoms with Gasteiger partial charge in [-0.3, -0.25) is 14.5 Å². The van der Waals surface area contributed by atoms with Crippen molar-refractivity contribution in [3.63, 3.8) is 0 Å². The predicted octanol–water partition coefficient (Wildman–Crippen LogP) is 3.39. The summed E-state index contributed by atoms with van der Waals surface area (Å²) in [5.74, 6) is -1.11. The van der Waals surface area contributed by atoms with Crippen molar-refractivity contribution in [3.8, 4) is 11.3 Å². The summed E-state index contributed by atoms with van der Waals surface area (Å²) in [4.78, 5) is 43.1. The van der Waals surface area contributed by atoms with Crippen LogP contribution >= 0.6 is 11.3 Å². The van der Waals surface area contributed by atoms with E-state index in [4.69, 9.17) is 0 Å². The number of rotatable bonds is 4. The van der Waals surface area contributed by atoms with Gasteiger partial charge in [0, 0.05) is 10.9 Å². The molecule has 152 valence electrons. The Morgan fingerprint density at radius 2 is 2.10 bits per heavy atom. The predicted molar refractivity (Wildman–Crippen MR) is 107 cm³/mol. The molecule has 0 bridgehead atoms. The Hall–Kier alpha value is -2.81. The summed E-state index contributed by atoms with van der Waals surface area (Å²) >= 11 is 1.22. The second-order valence-electron chi connectivity index (χ2n) is 7.53. The average molecular weight is 416 g/mol. The van der Waals surface area contributed by atoms with Gasteiger partial charge >= 0.3 is 6.03 Å². The molecule has 2 fully saturated rings. The Balaban J connectivity index is 1.42. The van der Waals surface area contributed by atoms with Crippen LogP contribution in [-0.2, 0) is 9.59 Å². The highest BCUT2D eigenvalue weighted by atomic mass is 32.1. The van der Waals surface area contributed by atoms with Crippen molar-refractivity contribution in [1.82, 2.24) is 15.2 Å². The average Bonchev–Trinajstić information content (AvgIpc) is 3.24. The molecule has 1 aliphatic heterocycles. The Morgan fingerprint density at radius 1 is 1.34 bits per heavy atom. The van der Waals surface area contributed by atoms with Crippen molar-refractivity contribution in [1.29, 1.82) is 0 Å². The molecule has 1 aromatic heterocycles. The van der Waals surface area contributed by atoms with Crippen LogP contribution in [-0.4, -0.2) is 39.8 Å². The normalized spacial score (nSPS) is 24.1. The fraction of sp³-hybridized carbons (Fsp3) is 0.400. The lowest BCUT2D eigenvalue weighted by atomic mass is 9.73. The summed E-state index contributed by atoms with van der Waals surface area (Å²) in [5.41, 5.74) is 0.452. The lowest BCUT2D eigenvalue weighted by Crippen LogP contribution is -2.54. The molecule has 1 aliphatic carbocycles. The van der Waals surface area contributed by atoms with Crippen LogP contribution in [0.15, 0.2) is 29.6 Å². The number of imide groups is 1. The van der Waals surface area contributed by atoms with Crippen molar-refractivity contribution in [2.75, 3.05) is 11.9 Å². The Morgan fingerprint density at radius 3 is 2.83 bits per heavy atom. The third kappa shape index (κ3) is 3.62. The number of hydrogen-bond donors (Lipinski definition) is 2. The molecular weight excluding hydrogens is 395 g/mol. The summed E-state index contributed by atoms with van der Waals surface area (Å²) in [6.07, 6.45) is 3.39. The van der Waals surface area contributed by atoms with Gasteiger partial charge in [0.2, 0.25) is 5.91 Å². The molecule has 2 heterocycles. The van der Waals surface area contributed by atoms with Gasteiger partial charge in [-0.25, -0.2) is 14.2 Å². The summed E-state index contributed by atoms with van der Waals surface area (Å²) in [6, 6.07) is 5.37. The monoisotopic (exact) mass is 416 g/mol. The van der Waals surface area contributed by atoms with Gasteiger partial charge in [-0.15, -0.1) is 11.3 Å². The van der Waals surface area contributed by atoms with E-state index in [1.807, 2.05) is 6.92 Å². The lowest BCUT2D eigenvalue weighted by Gasteiger charge is -2.36. The number of halogens is 1. The van der Waals surface area contributed by atoms with Crippen LogP contribution in [0.1, 0.15) is 32.6 Å². The Bertz CT molecular complexity index is 961. The Labute approximate surface area is 171 Å². The maximum atomic E-state index is 13.1. The fourth-order valence-corrected chi connectivity index (χ4v) is 4.76. The molecule has 29 heavy (non-hydrogen) atoms. The molecule has 2 unspecified atom stereocenters. The standard InChI is InChI=1S/C20H21FN4O3S/c1-12-4-2-3-9-20(12)17(27)25(19(28)24-20)10-16(26)23-18-22-15(11-29-18)13-5-7-14(21)8-6-13/h5-8,11-12H,2-4,9-10H2,1H3,(H,24,28)(H,22,23,26). The first kappa shape index (κ1) is 19.5. The van der Waals surface area contributed by atoms with Gasteiger partial charge in [-0.05, 0) is 43.0 Å².